The van der Waals surface area contributed by atoms with Crippen LogP contribution in [0.15, 0.2) is 39.7 Å². The van der Waals surface area contributed by atoms with Crippen LogP contribution in [0.25, 0.3) is 5.69 Å². The number of hydrogen-bond donors (Lipinski definition) is 1. The number of benzene rings is 1. The summed E-state index contributed by atoms with van der Waals surface area (Å²) >= 11 is 3.46. The summed E-state index contributed by atoms with van der Waals surface area (Å²) in [5.74, 6) is 0.506. The third-order valence-corrected chi connectivity index (χ3v) is 3.59. The van der Waals surface area contributed by atoms with Crippen molar-refractivity contribution >= 4 is 15.9 Å². The average molecular weight is 351 g/mol. The molecule has 0 atom stereocenters. The summed E-state index contributed by atoms with van der Waals surface area (Å²) in [5, 5.41) is 13.7. The minimum absolute atomic E-state index is 0.243. The maximum absolute atomic E-state index is 11.7. The lowest BCUT2D eigenvalue weighted by molar-refractivity contribution is 0.289. The number of nitrogens with zero attached hydrogens (tertiary/aromatic N) is 5. The molecule has 0 spiro atoms. The Hall–Kier alpha value is -2.42. The second-order valence-corrected chi connectivity index (χ2v) is 5.13. The van der Waals surface area contributed by atoms with Crippen LogP contribution in [0.3, 0.4) is 0 Å². The Morgan fingerprint density at radius 2 is 2.24 bits per heavy atom. The molecule has 1 aromatic carbocycles. The molecule has 8 nitrogen and oxygen atoms in total. The number of aryl methyl sites for hydroxylation is 1. The summed E-state index contributed by atoms with van der Waals surface area (Å²) in [6.45, 7) is 0.243. The number of ether oxygens (including phenoxy) is 1. The fourth-order valence-electron chi connectivity index (χ4n) is 1.86. The van der Waals surface area contributed by atoms with E-state index in [9.17, 15) is 4.79 Å². The fraction of sp³-hybridized carbons (Fsp3) is 0.167. The van der Waals surface area contributed by atoms with Crippen LogP contribution >= 0.6 is 15.9 Å². The van der Waals surface area contributed by atoms with E-state index in [4.69, 9.17) is 4.74 Å². The topological polar surface area (TPSA) is 90.6 Å². The second kappa shape index (κ2) is 5.52. The standard InChI is InChI=1S/C12H11BrN6O2/c1-18-6-5-11(15-18)21-7-8-9(13)3-2-4-10(8)19-12(20)14-16-17-19/h2-6H,7H2,1H3,(H,14,17,20). The van der Waals surface area contributed by atoms with E-state index in [1.54, 1.807) is 23.0 Å². The first-order valence-corrected chi connectivity index (χ1v) is 6.85. The predicted octanol–water partition coefficient (Wildman–Crippen LogP) is 1.03. The molecule has 2 aromatic heterocycles. The maximum atomic E-state index is 11.7. The Kier molecular flexibility index (Phi) is 3.57. The molecule has 1 N–H and O–H groups in total. The normalized spacial score (nSPS) is 10.8. The third-order valence-electron chi connectivity index (χ3n) is 2.85. The lowest BCUT2D eigenvalue weighted by Gasteiger charge is -2.10. The molecular weight excluding hydrogens is 340 g/mol. The van der Waals surface area contributed by atoms with Crippen LogP contribution in [0.1, 0.15) is 5.56 Å². The van der Waals surface area contributed by atoms with Gasteiger partial charge in [-0.2, -0.15) is 4.68 Å². The van der Waals surface area contributed by atoms with Gasteiger partial charge < -0.3 is 4.74 Å². The van der Waals surface area contributed by atoms with Gasteiger partial charge in [-0.05, 0) is 22.6 Å². The Labute approximate surface area is 127 Å². The Morgan fingerprint density at radius 3 is 2.90 bits per heavy atom. The zero-order chi connectivity index (χ0) is 14.8. The van der Waals surface area contributed by atoms with E-state index >= 15 is 0 Å². The molecule has 3 aromatic rings. The predicted molar refractivity (Wildman–Crippen MR) is 77.2 cm³/mol. The Morgan fingerprint density at radius 1 is 1.38 bits per heavy atom. The summed E-state index contributed by atoms with van der Waals surface area (Å²) in [5.41, 5.74) is 0.963. The van der Waals surface area contributed by atoms with Crippen LogP contribution in [0, 0.1) is 0 Å². The van der Waals surface area contributed by atoms with Gasteiger partial charge in [0.05, 0.1) is 5.69 Å². The molecular formula is C12H11BrN6O2. The van der Waals surface area contributed by atoms with E-state index in [2.05, 4.69) is 36.6 Å². The lowest BCUT2D eigenvalue weighted by Crippen LogP contribution is -2.18. The maximum Gasteiger partial charge on any atom is 0.365 e. The third kappa shape index (κ3) is 2.72. The first-order chi connectivity index (χ1) is 10.1. The zero-order valence-electron chi connectivity index (χ0n) is 11.0. The molecule has 2 heterocycles. The molecule has 3 rings (SSSR count). The molecule has 0 radical (unpaired) electrons. The highest BCUT2D eigenvalue weighted by molar-refractivity contribution is 9.10. The number of rotatable bonds is 4. The summed E-state index contributed by atoms with van der Waals surface area (Å²) in [7, 11) is 1.81. The van der Waals surface area contributed by atoms with Crippen molar-refractivity contribution in [2.24, 2.45) is 7.05 Å². The van der Waals surface area contributed by atoms with Crippen molar-refractivity contribution in [3.63, 3.8) is 0 Å². The van der Waals surface area contributed by atoms with Crippen LogP contribution in [0.5, 0.6) is 5.88 Å². The summed E-state index contributed by atoms with van der Waals surface area (Å²) in [6, 6.07) is 7.21. The quantitative estimate of drug-likeness (QED) is 0.758. The van der Waals surface area contributed by atoms with Gasteiger partial charge in [0.2, 0.25) is 5.88 Å². The van der Waals surface area contributed by atoms with Gasteiger partial charge in [-0.1, -0.05) is 22.0 Å². The number of tetrazole rings is 1. The molecule has 0 fully saturated rings. The van der Waals surface area contributed by atoms with Crippen molar-refractivity contribution in [1.82, 2.24) is 30.0 Å². The van der Waals surface area contributed by atoms with E-state index in [1.165, 1.54) is 4.68 Å². The molecule has 9 heteroatoms. The van der Waals surface area contributed by atoms with Crippen molar-refractivity contribution in [1.29, 1.82) is 0 Å². The average Bonchev–Trinajstić information content (AvgIpc) is 3.06. The monoisotopic (exact) mass is 350 g/mol. The van der Waals surface area contributed by atoms with Gasteiger partial charge in [0, 0.05) is 29.3 Å². The van der Waals surface area contributed by atoms with Gasteiger partial charge in [-0.15, -0.1) is 5.10 Å². The summed E-state index contributed by atoms with van der Waals surface area (Å²) < 4.78 is 9.28. The van der Waals surface area contributed by atoms with Crippen LogP contribution < -0.4 is 10.4 Å². The van der Waals surface area contributed by atoms with Crippen molar-refractivity contribution in [2.45, 2.75) is 6.61 Å². The molecule has 0 aliphatic rings. The van der Waals surface area contributed by atoms with Crippen LogP contribution in [-0.2, 0) is 13.7 Å². The minimum atomic E-state index is -0.410. The van der Waals surface area contributed by atoms with Crippen LogP contribution in [0.4, 0.5) is 0 Å². The number of aromatic nitrogens is 6. The highest BCUT2D eigenvalue weighted by atomic mass is 79.9. The zero-order valence-corrected chi connectivity index (χ0v) is 12.6. The first-order valence-electron chi connectivity index (χ1n) is 6.06. The fourth-order valence-corrected chi connectivity index (χ4v) is 2.33. The number of nitrogens with one attached hydrogen (secondary N) is 1. The highest BCUT2D eigenvalue weighted by Crippen LogP contribution is 2.24. The summed E-state index contributed by atoms with van der Waals surface area (Å²) in [6.07, 6.45) is 1.79. The molecule has 0 saturated heterocycles. The lowest BCUT2D eigenvalue weighted by atomic mass is 10.2. The molecule has 0 aliphatic heterocycles. The minimum Gasteiger partial charge on any atom is -0.472 e. The smallest absolute Gasteiger partial charge is 0.365 e. The van der Waals surface area contributed by atoms with Gasteiger partial charge in [0.1, 0.15) is 6.61 Å². The molecule has 108 valence electrons. The van der Waals surface area contributed by atoms with Gasteiger partial charge in [0.25, 0.3) is 0 Å². The first kappa shape index (κ1) is 13.6. The number of halogens is 1. The van der Waals surface area contributed by atoms with E-state index < -0.39 is 5.69 Å². The van der Waals surface area contributed by atoms with E-state index in [0.29, 0.717) is 11.6 Å². The van der Waals surface area contributed by atoms with Crippen molar-refractivity contribution in [2.75, 3.05) is 0 Å². The van der Waals surface area contributed by atoms with Crippen LogP contribution in [0.2, 0.25) is 0 Å². The molecule has 0 amide bonds. The number of hydrogen-bond acceptors (Lipinski definition) is 5. The Balaban J connectivity index is 1.94. The number of aromatic amines is 1. The summed E-state index contributed by atoms with van der Waals surface area (Å²) in [4.78, 5) is 11.7. The highest BCUT2D eigenvalue weighted by Gasteiger charge is 2.13. The van der Waals surface area contributed by atoms with Gasteiger partial charge in [0.15, 0.2) is 0 Å². The van der Waals surface area contributed by atoms with Gasteiger partial charge >= 0.3 is 5.69 Å². The van der Waals surface area contributed by atoms with E-state index in [0.717, 1.165) is 10.0 Å². The second-order valence-electron chi connectivity index (χ2n) is 4.27. The largest absolute Gasteiger partial charge is 0.472 e. The van der Waals surface area contributed by atoms with E-state index in [1.807, 2.05) is 19.2 Å². The molecule has 0 saturated carbocycles. The molecule has 0 bridgehead atoms. The SMILES string of the molecule is Cn1ccc(OCc2c(Br)cccc2-n2nn[nH]c2=O)n1. The van der Waals surface area contributed by atoms with Gasteiger partial charge in [-0.3, -0.25) is 4.68 Å². The van der Waals surface area contributed by atoms with Crippen molar-refractivity contribution < 1.29 is 4.74 Å². The van der Waals surface area contributed by atoms with Crippen molar-refractivity contribution in [3.8, 4) is 11.6 Å². The van der Waals surface area contributed by atoms with E-state index in [-0.39, 0.29) is 6.61 Å². The van der Waals surface area contributed by atoms with Gasteiger partial charge in [-0.25, -0.2) is 9.89 Å². The number of H-pyrrole nitrogens is 1. The molecule has 0 unspecified atom stereocenters. The Bertz CT molecular complexity index is 821. The molecule has 21 heavy (non-hydrogen) atoms. The van der Waals surface area contributed by atoms with Crippen molar-refractivity contribution in [3.05, 3.63) is 51.0 Å². The molecule has 0 aliphatic carbocycles. The van der Waals surface area contributed by atoms with Crippen LogP contribution in [-0.4, -0.2) is 30.0 Å².